The molecule has 0 aromatic heterocycles. The predicted octanol–water partition coefficient (Wildman–Crippen LogP) is 2.41. The van der Waals surface area contributed by atoms with E-state index in [1.807, 2.05) is 13.0 Å². The molecule has 0 aromatic carbocycles. The molecular formula is C10H15NO. The van der Waals surface area contributed by atoms with Gasteiger partial charge in [0, 0.05) is 6.08 Å². The molecule has 66 valence electrons. The minimum atomic E-state index is 0.0902. The maximum absolute atomic E-state index is 8.36. The van der Waals surface area contributed by atoms with Gasteiger partial charge in [-0.05, 0) is 33.6 Å². The van der Waals surface area contributed by atoms with Crippen molar-refractivity contribution in [1.82, 2.24) is 0 Å². The first-order valence-corrected chi connectivity index (χ1v) is 4.29. The lowest BCUT2D eigenvalue weighted by Crippen LogP contribution is -2.02. The third-order valence-electron chi connectivity index (χ3n) is 2.28. The van der Waals surface area contributed by atoms with Gasteiger partial charge in [-0.25, -0.2) is 0 Å². The Hall–Kier alpha value is -0.810. The number of rotatable bonds is 3. The first-order valence-electron chi connectivity index (χ1n) is 4.29. The van der Waals surface area contributed by atoms with E-state index in [1.54, 1.807) is 6.08 Å². The zero-order chi connectivity index (χ0) is 9.19. The van der Waals surface area contributed by atoms with E-state index in [-0.39, 0.29) is 5.60 Å². The van der Waals surface area contributed by atoms with Gasteiger partial charge in [-0.2, -0.15) is 5.26 Å². The fourth-order valence-corrected chi connectivity index (χ4v) is 1.28. The summed E-state index contributed by atoms with van der Waals surface area (Å²) in [4.78, 5) is 0. The van der Waals surface area contributed by atoms with E-state index in [2.05, 4.69) is 13.8 Å². The standard InChI is InChI=1S/C10H15NO/c1-8(6-7-11)4-5-9-10(2,3)12-9/h6,9H,4-5H2,1-3H3/b8-6+. The van der Waals surface area contributed by atoms with E-state index in [9.17, 15) is 0 Å². The highest BCUT2D eigenvalue weighted by Crippen LogP contribution is 2.38. The van der Waals surface area contributed by atoms with Gasteiger partial charge < -0.3 is 4.74 Å². The van der Waals surface area contributed by atoms with Crippen molar-refractivity contribution in [2.24, 2.45) is 0 Å². The Balaban J connectivity index is 2.21. The molecule has 2 heteroatoms. The SMILES string of the molecule is C/C(=C\C#N)CCC1OC1(C)C. The van der Waals surface area contributed by atoms with Crippen LogP contribution in [0, 0.1) is 11.3 Å². The minimum Gasteiger partial charge on any atom is -0.367 e. The van der Waals surface area contributed by atoms with Gasteiger partial charge in [-0.3, -0.25) is 0 Å². The Labute approximate surface area is 73.8 Å². The van der Waals surface area contributed by atoms with E-state index >= 15 is 0 Å². The van der Waals surface area contributed by atoms with Crippen molar-refractivity contribution >= 4 is 0 Å². The van der Waals surface area contributed by atoms with E-state index in [0.29, 0.717) is 6.10 Å². The summed E-state index contributed by atoms with van der Waals surface area (Å²) in [5.41, 5.74) is 1.23. The van der Waals surface area contributed by atoms with Crippen LogP contribution in [0.3, 0.4) is 0 Å². The number of hydrogen-bond donors (Lipinski definition) is 0. The molecule has 0 amide bonds. The first kappa shape index (κ1) is 9.28. The Morgan fingerprint density at radius 1 is 1.67 bits per heavy atom. The second-order valence-corrected chi connectivity index (χ2v) is 3.87. The van der Waals surface area contributed by atoms with Crippen LogP contribution in [0.2, 0.25) is 0 Å². The third-order valence-corrected chi connectivity index (χ3v) is 2.28. The van der Waals surface area contributed by atoms with Gasteiger partial charge in [-0.1, -0.05) is 5.57 Å². The van der Waals surface area contributed by atoms with E-state index in [0.717, 1.165) is 18.4 Å². The van der Waals surface area contributed by atoms with Crippen molar-refractivity contribution in [3.63, 3.8) is 0 Å². The summed E-state index contributed by atoms with van der Waals surface area (Å²) in [7, 11) is 0. The van der Waals surface area contributed by atoms with Crippen molar-refractivity contribution < 1.29 is 4.74 Å². The van der Waals surface area contributed by atoms with Gasteiger partial charge in [0.2, 0.25) is 0 Å². The molecule has 1 aliphatic heterocycles. The van der Waals surface area contributed by atoms with E-state index in [4.69, 9.17) is 10.00 Å². The maximum atomic E-state index is 8.36. The quantitative estimate of drug-likeness (QED) is 0.475. The fraction of sp³-hybridized carbons (Fsp3) is 0.700. The van der Waals surface area contributed by atoms with Gasteiger partial charge in [0.15, 0.2) is 0 Å². The highest BCUT2D eigenvalue weighted by atomic mass is 16.6. The van der Waals surface area contributed by atoms with Crippen LogP contribution in [0.1, 0.15) is 33.6 Å². The summed E-state index contributed by atoms with van der Waals surface area (Å²) in [6, 6.07) is 2.03. The molecule has 1 heterocycles. The van der Waals surface area contributed by atoms with Crippen LogP contribution in [-0.2, 0) is 4.74 Å². The second-order valence-electron chi connectivity index (χ2n) is 3.87. The number of epoxide rings is 1. The molecule has 0 spiro atoms. The normalized spacial score (nSPS) is 26.5. The maximum Gasteiger partial charge on any atom is 0.0911 e. The van der Waals surface area contributed by atoms with Crippen LogP contribution in [0.15, 0.2) is 11.6 Å². The van der Waals surface area contributed by atoms with E-state index in [1.165, 1.54) is 0 Å². The molecule has 0 radical (unpaired) electrons. The summed E-state index contributed by atoms with van der Waals surface area (Å²) >= 11 is 0. The zero-order valence-electron chi connectivity index (χ0n) is 7.92. The molecule has 1 atom stereocenters. The monoisotopic (exact) mass is 165 g/mol. The van der Waals surface area contributed by atoms with Crippen LogP contribution in [0.25, 0.3) is 0 Å². The minimum absolute atomic E-state index is 0.0902. The molecule has 0 aromatic rings. The predicted molar refractivity (Wildman–Crippen MR) is 47.6 cm³/mol. The van der Waals surface area contributed by atoms with E-state index < -0.39 is 0 Å². The van der Waals surface area contributed by atoms with Crippen LogP contribution in [-0.4, -0.2) is 11.7 Å². The lowest BCUT2D eigenvalue weighted by atomic mass is 10.0. The van der Waals surface area contributed by atoms with Crippen molar-refractivity contribution in [1.29, 1.82) is 5.26 Å². The highest BCUT2D eigenvalue weighted by molar-refractivity contribution is 5.11. The highest BCUT2D eigenvalue weighted by Gasteiger charge is 2.46. The molecular weight excluding hydrogens is 150 g/mol. The lowest BCUT2D eigenvalue weighted by molar-refractivity contribution is 0.320. The molecule has 0 N–H and O–H groups in total. The van der Waals surface area contributed by atoms with Crippen molar-refractivity contribution in [2.75, 3.05) is 0 Å². The van der Waals surface area contributed by atoms with Crippen molar-refractivity contribution in [3.8, 4) is 6.07 Å². The van der Waals surface area contributed by atoms with Gasteiger partial charge in [0.1, 0.15) is 0 Å². The van der Waals surface area contributed by atoms with Crippen molar-refractivity contribution in [3.05, 3.63) is 11.6 Å². The third kappa shape index (κ3) is 2.35. The summed E-state index contributed by atoms with van der Waals surface area (Å²) in [6.07, 6.45) is 4.02. The summed E-state index contributed by atoms with van der Waals surface area (Å²) < 4.78 is 5.42. The van der Waals surface area contributed by atoms with Gasteiger partial charge >= 0.3 is 0 Å². The van der Waals surface area contributed by atoms with Gasteiger partial charge in [-0.15, -0.1) is 0 Å². The molecule has 0 bridgehead atoms. The largest absolute Gasteiger partial charge is 0.367 e. The molecule has 12 heavy (non-hydrogen) atoms. The average molecular weight is 165 g/mol. The summed E-state index contributed by atoms with van der Waals surface area (Å²) in [5.74, 6) is 0. The number of nitriles is 1. The first-order chi connectivity index (χ1) is 5.56. The Morgan fingerprint density at radius 2 is 2.25 bits per heavy atom. The molecule has 1 aliphatic rings. The summed E-state index contributed by atoms with van der Waals surface area (Å²) in [5, 5.41) is 8.36. The topological polar surface area (TPSA) is 36.3 Å². The van der Waals surface area contributed by atoms with Crippen LogP contribution < -0.4 is 0 Å². The number of nitrogens with zero attached hydrogens (tertiary/aromatic N) is 1. The number of hydrogen-bond acceptors (Lipinski definition) is 2. The number of ether oxygens (including phenoxy) is 1. The second kappa shape index (κ2) is 3.28. The van der Waals surface area contributed by atoms with Gasteiger partial charge in [0.05, 0.1) is 17.8 Å². The Kier molecular flexibility index (Phi) is 2.54. The Bertz CT molecular complexity index is 235. The lowest BCUT2D eigenvalue weighted by Gasteiger charge is -1.97. The molecule has 1 unspecified atom stereocenters. The molecule has 0 saturated carbocycles. The Morgan fingerprint density at radius 3 is 2.67 bits per heavy atom. The van der Waals surface area contributed by atoms with Crippen molar-refractivity contribution in [2.45, 2.75) is 45.3 Å². The van der Waals surface area contributed by atoms with Crippen LogP contribution >= 0.6 is 0 Å². The molecule has 1 rings (SSSR count). The molecule has 1 fully saturated rings. The van der Waals surface area contributed by atoms with Crippen LogP contribution in [0.5, 0.6) is 0 Å². The smallest absolute Gasteiger partial charge is 0.0911 e. The molecule has 0 aliphatic carbocycles. The molecule has 1 saturated heterocycles. The fourth-order valence-electron chi connectivity index (χ4n) is 1.28. The number of allylic oxidation sites excluding steroid dienone is 2. The summed E-state index contributed by atoms with van der Waals surface area (Å²) in [6.45, 7) is 6.18. The average Bonchev–Trinajstić information content (AvgIpc) is 2.56. The van der Waals surface area contributed by atoms with Gasteiger partial charge in [0.25, 0.3) is 0 Å². The molecule has 2 nitrogen and oxygen atoms in total. The van der Waals surface area contributed by atoms with Crippen LogP contribution in [0.4, 0.5) is 0 Å². The zero-order valence-corrected chi connectivity index (χ0v) is 7.92.